The van der Waals surface area contributed by atoms with Gasteiger partial charge in [0.1, 0.15) is 5.94 Å². The summed E-state index contributed by atoms with van der Waals surface area (Å²) in [7, 11) is 0. The van der Waals surface area contributed by atoms with Gasteiger partial charge in [-0.1, -0.05) is 6.08 Å². The maximum absolute atomic E-state index is 9.60. The molecule has 0 aromatic heterocycles. The summed E-state index contributed by atoms with van der Waals surface area (Å²) in [5, 5.41) is 9.60. The van der Waals surface area contributed by atoms with Crippen LogP contribution in [0.4, 0.5) is 0 Å². The molecule has 1 radical (unpaired) electrons. The molecule has 0 aliphatic heterocycles. The Morgan fingerprint density at radius 1 is 1.83 bits per heavy atom. The summed E-state index contributed by atoms with van der Waals surface area (Å²) in [5.74, 6) is 0.732. The Balaban J connectivity index is 2.49. The molecule has 0 unspecified atom stereocenters. The van der Waals surface area contributed by atoms with Crippen molar-refractivity contribution in [2.24, 2.45) is 0 Å². The van der Waals surface area contributed by atoms with Gasteiger partial charge < -0.3 is 0 Å². The van der Waals surface area contributed by atoms with Crippen LogP contribution < -0.4 is 0 Å². The Labute approximate surface area is 42.1 Å². The molecule has 0 amide bonds. The number of rotatable bonds is 3. The quantitative estimate of drug-likeness (QED) is 0.299. The third-order valence-electron chi connectivity index (χ3n) is 0.319. The summed E-state index contributed by atoms with van der Waals surface area (Å²) in [6.45, 7) is 3.44. The normalized spacial score (nSPS) is 8.17. The highest BCUT2D eigenvalue weighted by Gasteiger charge is 1.73. The predicted molar refractivity (Wildman–Crippen MR) is 28.2 cm³/mol. The minimum atomic E-state index is -0.0496. The summed E-state index contributed by atoms with van der Waals surface area (Å²) < 4.78 is 0. The molecule has 0 heterocycles. The topological polar surface area (TPSA) is 19.9 Å². The lowest BCUT2D eigenvalue weighted by Crippen LogP contribution is -1.69. The Kier molecular flexibility index (Phi) is 5.09. The smallest absolute Gasteiger partial charge is 0.128 e. The molecular formula is C4H7OS. The highest BCUT2D eigenvalue weighted by Crippen LogP contribution is 1.94. The zero-order chi connectivity index (χ0) is 4.83. The van der Waals surface area contributed by atoms with E-state index in [2.05, 4.69) is 6.58 Å². The molecule has 0 aliphatic carbocycles. The summed E-state index contributed by atoms with van der Waals surface area (Å²) >= 11 is 1.33. The predicted octanol–water partition coefficient (Wildman–Crippen LogP) is 1.29. The first-order valence-corrected chi connectivity index (χ1v) is 2.84. The second-order valence-electron chi connectivity index (χ2n) is 0.777. The van der Waals surface area contributed by atoms with Crippen LogP contribution in [0.1, 0.15) is 0 Å². The molecule has 0 saturated carbocycles. The summed E-state index contributed by atoms with van der Waals surface area (Å²) in [4.78, 5) is 0. The zero-order valence-electron chi connectivity index (χ0n) is 3.52. The van der Waals surface area contributed by atoms with Gasteiger partial charge in [-0.3, -0.25) is 0 Å². The average molecular weight is 103 g/mol. The third-order valence-corrected chi connectivity index (χ3v) is 0.957. The van der Waals surface area contributed by atoms with Crippen molar-refractivity contribution in [1.82, 2.24) is 0 Å². The van der Waals surface area contributed by atoms with Crippen LogP contribution in [0.3, 0.4) is 0 Å². The first-order valence-electron chi connectivity index (χ1n) is 1.68. The first kappa shape index (κ1) is 6.05. The van der Waals surface area contributed by atoms with Crippen molar-refractivity contribution < 1.29 is 5.11 Å². The van der Waals surface area contributed by atoms with Gasteiger partial charge >= 0.3 is 0 Å². The van der Waals surface area contributed by atoms with Crippen LogP contribution in [0.5, 0.6) is 0 Å². The Hall–Kier alpha value is 0.0500. The summed E-state index contributed by atoms with van der Waals surface area (Å²) in [6.07, 6.45) is 1.72. The molecule has 0 N–H and O–H groups in total. The number of hydrogen-bond donors (Lipinski definition) is 0. The molecule has 0 aromatic rings. The van der Waals surface area contributed by atoms with Crippen molar-refractivity contribution in [2.45, 2.75) is 0 Å². The molecule has 0 aliphatic rings. The Morgan fingerprint density at radius 3 is 2.67 bits per heavy atom. The van der Waals surface area contributed by atoms with Crippen molar-refractivity contribution in [3.63, 3.8) is 0 Å². The van der Waals surface area contributed by atoms with Gasteiger partial charge in [0.15, 0.2) is 0 Å². The van der Waals surface area contributed by atoms with Crippen molar-refractivity contribution in [1.29, 1.82) is 0 Å². The molecule has 6 heavy (non-hydrogen) atoms. The van der Waals surface area contributed by atoms with Crippen LogP contribution in [0.15, 0.2) is 12.7 Å². The summed E-state index contributed by atoms with van der Waals surface area (Å²) in [5.41, 5.74) is 0. The van der Waals surface area contributed by atoms with Gasteiger partial charge in [0.2, 0.25) is 0 Å². The van der Waals surface area contributed by atoms with E-state index in [1.165, 1.54) is 11.8 Å². The van der Waals surface area contributed by atoms with Crippen LogP contribution in [-0.4, -0.2) is 11.7 Å². The Morgan fingerprint density at radius 2 is 2.50 bits per heavy atom. The average Bonchev–Trinajstić information content (AvgIpc) is 1.61. The monoisotopic (exact) mass is 103 g/mol. The van der Waals surface area contributed by atoms with E-state index in [1.807, 2.05) is 0 Å². The maximum Gasteiger partial charge on any atom is 0.128 e. The summed E-state index contributed by atoms with van der Waals surface area (Å²) in [6, 6.07) is 0. The largest absolute Gasteiger partial charge is 0.225 e. The van der Waals surface area contributed by atoms with Gasteiger partial charge in [-0.15, -0.1) is 18.3 Å². The molecule has 0 aromatic carbocycles. The minimum Gasteiger partial charge on any atom is -0.225 e. The van der Waals surface area contributed by atoms with E-state index in [0.29, 0.717) is 0 Å². The first-order chi connectivity index (χ1) is 2.91. The zero-order valence-corrected chi connectivity index (χ0v) is 4.33. The Bertz CT molecular complexity index is 36.5. The fraction of sp³-hybridized carbons (Fsp3) is 0.500. The molecule has 2 heteroatoms. The van der Waals surface area contributed by atoms with Crippen molar-refractivity contribution in [3.8, 4) is 0 Å². The maximum atomic E-state index is 9.60. The third kappa shape index (κ3) is 4.05. The van der Waals surface area contributed by atoms with E-state index in [-0.39, 0.29) is 5.94 Å². The van der Waals surface area contributed by atoms with Gasteiger partial charge in [-0.05, 0) is 0 Å². The lowest BCUT2D eigenvalue weighted by molar-refractivity contribution is 0.261. The fourth-order valence-corrected chi connectivity index (χ4v) is 0.394. The van der Waals surface area contributed by atoms with Crippen molar-refractivity contribution in [3.05, 3.63) is 12.7 Å². The van der Waals surface area contributed by atoms with E-state index in [4.69, 9.17) is 0 Å². The van der Waals surface area contributed by atoms with Gasteiger partial charge in [0.25, 0.3) is 0 Å². The van der Waals surface area contributed by atoms with E-state index >= 15 is 0 Å². The van der Waals surface area contributed by atoms with E-state index in [0.717, 1.165) is 5.75 Å². The lowest BCUT2D eigenvalue weighted by atomic mass is 10.8. The number of thioether (sulfide) groups is 1. The van der Waals surface area contributed by atoms with E-state index < -0.39 is 0 Å². The second kappa shape index (κ2) is 5.05. The number of hydrogen-bond acceptors (Lipinski definition) is 1. The highest BCUT2D eigenvalue weighted by molar-refractivity contribution is 7.99. The SMILES string of the molecule is C=CCSC[O]. The van der Waals surface area contributed by atoms with Crippen molar-refractivity contribution >= 4 is 11.8 Å². The van der Waals surface area contributed by atoms with E-state index in [9.17, 15) is 5.11 Å². The molecule has 0 rings (SSSR count). The molecule has 0 bridgehead atoms. The van der Waals surface area contributed by atoms with Crippen LogP contribution >= 0.6 is 11.8 Å². The fourth-order valence-electron chi connectivity index (χ4n) is 0.131. The van der Waals surface area contributed by atoms with Gasteiger partial charge in [0, 0.05) is 5.75 Å². The molecule has 0 spiro atoms. The van der Waals surface area contributed by atoms with Gasteiger partial charge in [-0.25, -0.2) is 5.11 Å². The molecule has 0 saturated heterocycles. The standard InChI is InChI=1S/C4H7OS/c1-2-3-6-4-5/h2H,1,3-4H2. The van der Waals surface area contributed by atoms with Gasteiger partial charge in [0.05, 0.1) is 0 Å². The van der Waals surface area contributed by atoms with Crippen LogP contribution in [0, 0.1) is 0 Å². The molecule has 0 fully saturated rings. The van der Waals surface area contributed by atoms with E-state index in [1.54, 1.807) is 6.08 Å². The van der Waals surface area contributed by atoms with Crippen LogP contribution in [0.25, 0.3) is 0 Å². The molecule has 0 atom stereocenters. The lowest BCUT2D eigenvalue weighted by Gasteiger charge is -1.80. The highest BCUT2D eigenvalue weighted by atomic mass is 32.2. The second-order valence-corrected chi connectivity index (χ2v) is 1.75. The van der Waals surface area contributed by atoms with Gasteiger partial charge in [-0.2, -0.15) is 0 Å². The molecule has 1 nitrogen and oxygen atoms in total. The molecular weight excluding hydrogens is 96.1 g/mol. The van der Waals surface area contributed by atoms with Crippen molar-refractivity contribution in [2.75, 3.05) is 11.7 Å². The molecule has 35 valence electrons. The minimum absolute atomic E-state index is 0.0496. The van der Waals surface area contributed by atoms with Crippen LogP contribution in [0.2, 0.25) is 0 Å². The van der Waals surface area contributed by atoms with Crippen LogP contribution in [-0.2, 0) is 5.11 Å².